The lowest BCUT2D eigenvalue weighted by Crippen LogP contribution is -2.33. The van der Waals surface area contributed by atoms with E-state index in [1.54, 1.807) is 12.1 Å². The molecule has 1 fully saturated rings. The van der Waals surface area contributed by atoms with E-state index in [0.29, 0.717) is 5.75 Å². The van der Waals surface area contributed by atoms with E-state index in [-0.39, 0.29) is 5.92 Å². The van der Waals surface area contributed by atoms with Gasteiger partial charge in [-0.3, -0.25) is 0 Å². The van der Waals surface area contributed by atoms with Crippen molar-refractivity contribution in [3.63, 3.8) is 0 Å². The molecular weight excluding hydrogens is 204 g/mol. The first kappa shape index (κ1) is 11.0. The molecule has 0 aliphatic heterocycles. The molecule has 1 aliphatic carbocycles. The Hall–Kier alpha value is -1.51. The van der Waals surface area contributed by atoms with Crippen molar-refractivity contribution in [2.24, 2.45) is 5.92 Å². The molecule has 0 unspecified atom stereocenters. The smallest absolute Gasteiger partial charge is 0.345 e. The predicted molar refractivity (Wildman–Crippen MR) is 60.5 cm³/mol. The predicted octanol–water partition coefficient (Wildman–Crippen LogP) is 2.71. The molecule has 3 nitrogen and oxygen atoms in total. The Morgan fingerprint density at radius 1 is 1.25 bits per heavy atom. The van der Waals surface area contributed by atoms with Crippen molar-refractivity contribution >= 4 is 5.97 Å². The second-order valence-corrected chi connectivity index (χ2v) is 4.23. The average molecular weight is 220 g/mol. The van der Waals surface area contributed by atoms with Gasteiger partial charge in [0.1, 0.15) is 5.75 Å². The Morgan fingerprint density at radius 2 is 1.88 bits per heavy atom. The lowest BCUT2D eigenvalue weighted by Gasteiger charge is -2.20. The largest absolute Gasteiger partial charge is 0.478 e. The van der Waals surface area contributed by atoms with Crippen molar-refractivity contribution in [2.75, 3.05) is 0 Å². The first-order valence-corrected chi connectivity index (χ1v) is 5.72. The summed E-state index contributed by atoms with van der Waals surface area (Å²) in [5, 5.41) is 9.17. The van der Waals surface area contributed by atoms with Crippen LogP contribution in [0.1, 0.15) is 25.7 Å². The highest BCUT2D eigenvalue weighted by Crippen LogP contribution is 2.30. The lowest BCUT2D eigenvalue weighted by molar-refractivity contribution is -0.147. The fourth-order valence-electron chi connectivity index (χ4n) is 2.25. The van der Waals surface area contributed by atoms with Gasteiger partial charge in [0.05, 0.1) is 0 Å². The molecule has 0 heterocycles. The number of carboxylic acids is 1. The highest BCUT2D eigenvalue weighted by Gasteiger charge is 2.32. The highest BCUT2D eigenvalue weighted by atomic mass is 16.5. The van der Waals surface area contributed by atoms with E-state index in [1.165, 1.54) is 0 Å². The summed E-state index contributed by atoms with van der Waals surface area (Å²) in [6.07, 6.45) is 3.47. The summed E-state index contributed by atoms with van der Waals surface area (Å²) < 4.78 is 5.56. The molecule has 1 aromatic carbocycles. The van der Waals surface area contributed by atoms with Crippen LogP contribution in [-0.4, -0.2) is 17.2 Å². The van der Waals surface area contributed by atoms with Crippen LogP contribution in [0.2, 0.25) is 0 Å². The number of hydrogen-bond acceptors (Lipinski definition) is 2. The summed E-state index contributed by atoms with van der Waals surface area (Å²) in [6, 6.07) is 9.18. The zero-order valence-electron chi connectivity index (χ0n) is 9.13. The summed E-state index contributed by atoms with van der Waals surface area (Å²) in [5.74, 6) is -0.0461. The molecule has 2 rings (SSSR count). The van der Waals surface area contributed by atoms with E-state index >= 15 is 0 Å². The minimum Gasteiger partial charge on any atom is -0.478 e. The third kappa shape index (κ3) is 2.54. The number of benzene rings is 1. The number of hydrogen-bond donors (Lipinski definition) is 1. The Morgan fingerprint density at radius 3 is 2.44 bits per heavy atom. The van der Waals surface area contributed by atoms with Gasteiger partial charge in [-0.2, -0.15) is 0 Å². The van der Waals surface area contributed by atoms with E-state index < -0.39 is 12.1 Å². The van der Waals surface area contributed by atoms with Gasteiger partial charge in [0.15, 0.2) is 6.10 Å². The zero-order chi connectivity index (χ0) is 11.4. The van der Waals surface area contributed by atoms with Crippen LogP contribution in [0.5, 0.6) is 5.75 Å². The molecule has 86 valence electrons. The molecule has 1 saturated carbocycles. The second kappa shape index (κ2) is 5.01. The molecule has 1 N–H and O–H groups in total. The van der Waals surface area contributed by atoms with Crippen LogP contribution in [0, 0.1) is 5.92 Å². The zero-order valence-corrected chi connectivity index (χ0v) is 9.13. The van der Waals surface area contributed by atoms with Crippen molar-refractivity contribution < 1.29 is 14.6 Å². The van der Waals surface area contributed by atoms with Gasteiger partial charge in [-0.15, -0.1) is 0 Å². The molecular formula is C13H16O3. The summed E-state index contributed by atoms with van der Waals surface area (Å²) >= 11 is 0. The quantitative estimate of drug-likeness (QED) is 0.848. The summed E-state index contributed by atoms with van der Waals surface area (Å²) in [6.45, 7) is 0. The molecule has 0 saturated heterocycles. The van der Waals surface area contributed by atoms with Crippen molar-refractivity contribution in [1.29, 1.82) is 0 Å². The topological polar surface area (TPSA) is 46.5 Å². The van der Waals surface area contributed by atoms with E-state index in [9.17, 15) is 4.79 Å². The molecule has 1 aromatic rings. The van der Waals surface area contributed by atoms with Gasteiger partial charge in [-0.05, 0) is 25.0 Å². The van der Waals surface area contributed by atoms with E-state index in [4.69, 9.17) is 9.84 Å². The monoisotopic (exact) mass is 220 g/mol. The summed E-state index contributed by atoms with van der Waals surface area (Å²) in [5.41, 5.74) is 0. The highest BCUT2D eigenvalue weighted by molar-refractivity contribution is 5.73. The normalized spacial score (nSPS) is 18.2. The van der Waals surface area contributed by atoms with E-state index in [2.05, 4.69) is 0 Å². The standard InChI is InChI=1S/C13H16O3/c14-13(15)12(10-6-4-5-7-10)16-11-8-2-1-3-9-11/h1-3,8-10,12H,4-7H2,(H,14,15)/t12-/m0/s1. The van der Waals surface area contributed by atoms with Gasteiger partial charge >= 0.3 is 5.97 Å². The molecule has 0 spiro atoms. The number of carbonyl (C=O) groups is 1. The lowest BCUT2D eigenvalue weighted by atomic mass is 10.0. The SMILES string of the molecule is O=C(O)[C@@H](Oc1ccccc1)C1CCCC1. The Kier molecular flexibility index (Phi) is 3.44. The number of rotatable bonds is 4. The van der Waals surface area contributed by atoms with Crippen LogP contribution in [0.3, 0.4) is 0 Å². The summed E-state index contributed by atoms with van der Waals surface area (Å²) in [7, 11) is 0. The molecule has 3 heteroatoms. The molecule has 0 amide bonds. The van der Waals surface area contributed by atoms with Crippen molar-refractivity contribution in [2.45, 2.75) is 31.8 Å². The van der Waals surface area contributed by atoms with Gasteiger partial charge < -0.3 is 9.84 Å². The maximum absolute atomic E-state index is 11.2. The minimum absolute atomic E-state index is 0.165. The minimum atomic E-state index is -0.851. The van der Waals surface area contributed by atoms with Crippen molar-refractivity contribution in [3.8, 4) is 5.75 Å². The van der Waals surface area contributed by atoms with E-state index in [0.717, 1.165) is 25.7 Å². The molecule has 1 aliphatic rings. The fourth-order valence-corrected chi connectivity index (χ4v) is 2.25. The number of aliphatic carboxylic acids is 1. The maximum atomic E-state index is 11.2. The first-order valence-electron chi connectivity index (χ1n) is 5.72. The maximum Gasteiger partial charge on any atom is 0.345 e. The van der Waals surface area contributed by atoms with Crippen LogP contribution >= 0.6 is 0 Å². The Labute approximate surface area is 95.0 Å². The third-order valence-electron chi connectivity index (χ3n) is 3.08. The number of ether oxygens (including phenoxy) is 1. The number of para-hydroxylation sites is 1. The number of carboxylic acid groups (broad SMARTS) is 1. The van der Waals surface area contributed by atoms with Crippen molar-refractivity contribution in [3.05, 3.63) is 30.3 Å². The van der Waals surface area contributed by atoms with Gasteiger partial charge in [0.25, 0.3) is 0 Å². The first-order chi connectivity index (χ1) is 7.77. The fraction of sp³-hybridized carbons (Fsp3) is 0.462. The molecule has 0 radical (unpaired) electrons. The second-order valence-electron chi connectivity index (χ2n) is 4.23. The Balaban J connectivity index is 2.05. The molecule has 0 bridgehead atoms. The molecule has 0 aromatic heterocycles. The molecule has 1 atom stereocenters. The van der Waals surface area contributed by atoms with Gasteiger partial charge in [-0.1, -0.05) is 31.0 Å². The summed E-state index contributed by atoms with van der Waals surface area (Å²) in [4.78, 5) is 11.2. The van der Waals surface area contributed by atoms with Crippen LogP contribution in [0.25, 0.3) is 0 Å². The van der Waals surface area contributed by atoms with E-state index in [1.807, 2.05) is 18.2 Å². The van der Waals surface area contributed by atoms with Gasteiger partial charge in [0, 0.05) is 5.92 Å². The van der Waals surface area contributed by atoms with Crippen LogP contribution < -0.4 is 4.74 Å². The third-order valence-corrected chi connectivity index (χ3v) is 3.08. The molecule has 16 heavy (non-hydrogen) atoms. The van der Waals surface area contributed by atoms with Crippen molar-refractivity contribution in [1.82, 2.24) is 0 Å². The Bertz CT molecular complexity index is 341. The van der Waals surface area contributed by atoms with Crippen LogP contribution in [0.4, 0.5) is 0 Å². The average Bonchev–Trinajstić information content (AvgIpc) is 2.80. The van der Waals surface area contributed by atoms with Crippen LogP contribution in [-0.2, 0) is 4.79 Å². The van der Waals surface area contributed by atoms with Gasteiger partial charge in [-0.25, -0.2) is 4.79 Å². The van der Waals surface area contributed by atoms with Gasteiger partial charge in [0.2, 0.25) is 0 Å². The van der Waals surface area contributed by atoms with Crippen LogP contribution in [0.15, 0.2) is 30.3 Å².